The maximum atomic E-state index is 13.0. The molecular formula is C19H19NO6. The molecule has 4 rings (SSSR count). The van der Waals surface area contributed by atoms with E-state index in [9.17, 15) is 20.1 Å². The molecule has 7 heteroatoms. The van der Waals surface area contributed by atoms with E-state index in [2.05, 4.69) is 0 Å². The molecule has 26 heavy (non-hydrogen) atoms. The van der Waals surface area contributed by atoms with Crippen molar-refractivity contribution in [2.45, 2.75) is 18.9 Å². The van der Waals surface area contributed by atoms with Gasteiger partial charge in [0.05, 0.1) is 25.8 Å². The Morgan fingerprint density at radius 1 is 1.04 bits per heavy atom. The molecule has 2 aromatic rings. The van der Waals surface area contributed by atoms with Crippen LogP contribution >= 0.6 is 0 Å². The number of benzene rings is 2. The number of fused-ring (bicyclic) bond motifs is 4. The van der Waals surface area contributed by atoms with E-state index in [0.717, 1.165) is 11.1 Å². The van der Waals surface area contributed by atoms with Gasteiger partial charge in [-0.1, -0.05) is 0 Å². The van der Waals surface area contributed by atoms with Crippen LogP contribution in [0.25, 0.3) is 0 Å². The first kappa shape index (κ1) is 16.4. The van der Waals surface area contributed by atoms with Crippen molar-refractivity contribution in [3.63, 3.8) is 0 Å². The average Bonchev–Trinajstić information content (AvgIpc) is 2.61. The number of phenols is 3. The SMILES string of the molecule is COc1cc2c(cc1O)C1Cc3cc(O)c(OC)c(O)c3C(=O)N1CC2. The molecule has 0 radical (unpaired) electrons. The summed E-state index contributed by atoms with van der Waals surface area (Å²) < 4.78 is 10.2. The molecular weight excluding hydrogens is 338 g/mol. The van der Waals surface area contributed by atoms with Crippen LogP contribution < -0.4 is 9.47 Å². The molecule has 0 aliphatic carbocycles. The smallest absolute Gasteiger partial charge is 0.258 e. The number of hydrogen-bond acceptors (Lipinski definition) is 6. The maximum Gasteiger partial charge on any atom is 0.258 e. The first-order chi connectivity index (χ1) is 12.5. The van der Waals surface area contributed by atoms with Gasteiger partial charge >= 0.3 is 0 Å². The lowest BCUT2D eigenvalue weighted by Crippen LogP contribution is -2.44. The van der Waals surface area contributed by atoms with Crippen LogP contribution in [-0.4, -0.2) is 46.9 Å². The van der Waals surface area contributed by atoms with Crippen LogP contribution in [0.1, 0.15) is 33.1 Å². The number of nitrogens with zero attached hydrogens (tertiary/aromatic N) is 1. The van der Waals surface area contributed by atoms with E-state index in [4.69, 9.17) is 9.47 Å². The molecule has 1 unspecified atom stereocenters. The molecule has 0 saturated carbocycles. The van der Waals surface area contributed by atoms with E-state index in [1.807, 2.05) is 0 Å². The topological polar surface area (TPSA) is 99.5 Å². The number of carbonyl (C=O) groups excluding carboxylic acids is 1. The first-order valence-corrected chi connectivity index (χ1v) is 8.28. The highest BCUT2D eigenvalue weighted by molar-refractivity contribution is 6.01. The molecule has 0 aromatic heterocycles. The van der Waals surface area contributed by atoms with E-state index in [-0.39, 0.29) is 40.5 Å². The van der Waals surface area contributed by atoms with Crippen molar-refractivity contribution < 1.29 is 29.6 Å². The van der Waals surface area contributed by atoms with Crippen LogP contribution in [0.4, 0.5) is 0 Å². The lowest BCUT2D eigenvalue weighted by molar-refractivity contribution is 0.0626. The zero-order chi connectivity index (χ0) is 18.6. The summed E-state index contributed by atoms with van der Waals surface area (Å²) in [4.78, 5) is 14.7. The number of methoxy groups -OCH3 is 2. The predicted octanol–water partition coefficient (Wildman–Crippen LogP) is 2.12. The summed E-state index contributed by atoms with van der Waals surface area (Å²) in [6.45, 7) is 0.493. The third-order valence-corrected chi connectivity index (χ3v) is 5.21. The van der Waals surface area contributed by atoms with Gasteiger partial charge in [-0.2, -0.15) is 0 Å². The van der Waals surface area contributed by atoms with Crippen LogP contribution in [0.15, 0.2) is 18.2 Å². The Labute approximate surface area is 150 Å². The molecule has 0 bridgehead atoms. The monoisotopic (exact) mass is 357 g/mol. The van der Waals surface area contributed by atoms with Gasteiger partial charge in [-0.3, -0.25) is 4.79 Å². The van der Waals surface area contributed by atoms with Crippen molar-refractivity contribution >= 4 is 5.91 Å². The fourth-order valence-corrected chi connectivity index (χ4v) is 3.99. The molecule has 1 amide bonds. The summed E-state index contributed by atoms with van der Waals surface area (Å²) in [6.07, 6.45) is 1.05. The summed E-state index contributed by atoms with van der Waals surface area (Å²) in [5, 5.41) is 30.6. The molecule has 2 aliphatic heterocycles. The zero-order valence-corrected chi connectivity index (χ0v) is 14.4. The molecule has 2 heterocycles. The van der Waals surface area contributed by atoms with E-state index in [0.29, 0.717) is 30.7 Å². The number of hydrogen-bond donors (Lipinski definition) is 3. The number of ether oxygens (including phenoxy) is 2. The van der Waals surface area contributed by atoms with Crippen molar-refractivity contribution in [1.29, 1.82) is 0 Å². The third kappa shape index (κ3) is 2.16. The molecule has 3 N–H and O–H groups in total. The van der Waals surface area contributed by atoms with Gasteiger partial charge in [0, 0.05) is 6.54 Å². The van der Waals surface area contributed by atoms with Crippen molar-refractivity contribution in [2.75, 3.05) is 20.8 Å². The molecule has 2 aliphatic rings. The van der Waals surface area contributed by atoms with Crippen molar-refractivity contribution in [1.82, 2.24) is 4.90 Å². The summed E-state index contributed by atoms with van der Waals surface area (Å²) >= 11 is 0. The van der Waals surface area contributed by atoms with Crippen molar-refractivity contribution in [3.8, 4) is 28.7 Å². The summed E-state index contributed by atoms with van der Waals surface area (Å²) in [5.41, 5.74) is 2.58. The van der Waals surface area contributed by atoms with Crippen LogP contribution in [0.3, 0.4) is 0 Å². The van der Waals surface area contributed by atoms with Gasteiger partial charge in [0.15, 0.2) is 23.0 Å². The molecule has 0 fully saturated rings. The molecule has 0 spiro atoms. The minimum Gasteiger partial charge on any atom is -0.504 e. The molecule has 136 valence electrons. The minimum atomic E-state index is -0.339. The molecule has 2 aromatic carbocycles. The van der Waals surface area contributed by atoms with Gasteiger partial charge in [0.25, 0.3) is 5.91 Å². The predicted molar refractivity (Wildman–Crippen MR) is 92.2 cm³/mol. The van der Waals surface area contributed by atoms with Gasteiger partial charge in [-0.05, 0) is 47.7 Å². The lowest BCUT2D eigenvalue weighted by atomic mass is 9.83. The Bertz CT molecular complexity index is 923. The van der Waals surface area contributed by atoms with E-state index in [1.165, 1.54) is 20.3 Å². The van der Waals surface area contributed by atoms with Gasteiger partial charge in [-0.25, -0.2) is 0 Å². The Morgan fingerprint density at radius 3 is 2.50 bits per heavy atom. The Morgan fingerprint density at radius 2 is 1.81 bits per heavy atom. The fraction of sp³-hybridized carbons (Fsp3) is 0.316. The molecule has 0 saturated heterocycles. The van der Waals surface area contributed by atoms with Crippen molar-refractivity contribution in [2.24, 2.45) is 0 Å². The standard InChI is InChI=1S/C19H19NO6/c1-25-15-7-9-3-4-20-12(11(9)8-13(15)21)5-10-6-14(22)18(26-2)17(23)16(10)19(20)24/h6-8,12,21-23H,3-5H2,1-2H3. The Kier molecular flexibility index (Phi) is 3.61. The Hall–Kier alpha value is -3.09. The zero-order valence-electron chi connectivity index (χ0n) is 14.4. The number of aromatic hydroxyl groups is 3. The summed E-state index contributed by atoms with van der Waals surface area (Å²) in [6, 6.07) is 4.61. The van der Waals surface area contributed by atoms with Gasteiger partial charge in [0.2, 0.25) is 5.75 Å². The highest BCUT2D eigenvalue weighted by Crippen LogP contribution is 2.48. The molecule has 7 nitrogen and oxygen atoms in total. The number of rotatable bonds is 2. The van der Waals surface area contributed by atoms with E-state index < -0.39 is 0 Å². The Balaban J connectivity index is 1.85. The fourth-order valence-electron chi connectivity index (χ4n) is 3.99. The van der Waals surface area contributed by atoms with Crippen LogP contribution in [-0.2, 0) is 12.8 Å². The van der Waals surface area contributed by atoms with E-state index in [1.54, 1.807) is 17.0 Å². The second kappa shape index (κ2) is 5.72. The summed E-state index contributed by atoms with van der Waals surface area (Å²) in [5.74, 6) is -0.539. The van der Waals surface area contributed by atoms with Gasteiger partial charge < -0.3 is 29.7 Å². The number of amides is 1. The van der Waals surface area contributed by atoms with Gasteiger partial charge in [0.1, 0.15) is 0 Å². The minimum absolute atomic E-state index is 0.0202. The van der Waals surface area contributed by atoms with Crippen molar-refractivity contribution in [3.05, 3.63) is 40.5 Å². The highest BCUT2D eigenvalue weighted by atomic mass is 16.5. The second-order valence-electron chi connectivity index (χ2n) is 6.50. The second-order valence-corrected chi connectivity index (χ2v) is 6.50. The third-order valence-electron chi connectivity index (χ3n) is 5.21. The highest BCUT2D eigenvalue weighted by Gasteiger charge is 2.40. The number of phenolic OH excluding ortho intramolecular Hbond substituents is 3. The average molecular weight is 357 g/mol. The van der Waals surface area contributed by atoms with Crippen LogP contribution in [0.2, 0.25) is 0 Å². The normalized spacial score (nSPS) is 18.0. The van der Waals surface area contributed by atoms with Gasteiger partial charge in [-0.15, -0.1) is 0 Å². The van der Waals surface area contributed by atoms with Crippen LogP contribution in [0.5, 0.6) is 28.7 Å². The first-order valence-electron chi connectivity index (χ1n) is 8.28. The van der Waals surface area contributed by atoms with E-state index >= 15 is 0 Å². The largest absolute Gasteiger partial charge is 0.504 e. The number of carbonyl (C=O) groups is 1. The quantitative estimate of drug-likeness (QED) is 0.761. The molecule has 1 atom stereocenters. The lowest BCUT2D eigenvalue weighted by Gasteiger charge is -2.41. The van der Waals surface area contributed by atoms with Crippen LogP contribution in [0, 0.1) is 0 Å². The maximum absolute atomic E-state index is 13.0. The summed E-state index contributed by atoms with van der Waals surface area (Å²) in [7, 11) is 2.82.